The molecular weight excluding hydrogens is 255 g/mol. The number of amides is 1. The first-order chi connectivity index (χ1) is 8.99. The lowest BCUT2D eigenvalue weighted by atomic mass is 10.1. The molecule has 1 aliphatic rings. The minimum Gasteiger partial charge on any atom is -0.479 e. The molecule has 1 aromatic carbocycles. The largest absolute Gasteiger partial charge is 0.479 e. The van der Waals surface area contributed by atoms with E-state index >= 15 is 0 Å². The molecule has 0 spiro atoms. The minimum atomic E-state index is -1.12. The number of nitrogens with two attached hydrogens (primary N) is 1. The SMILES string of the molecule is Nc1ccc(C(=O)N2CCOC(C(=O)O)C2)cc1F. The van der Waals surface area contributed by atoms with Crippen molar-refractivity contribution < 1.29 is 23.8 Å². The Balaban J connectivity index is 2.14. The molecule has 0 aromatic heterocycles. The van der Waals surface area contributed by atoms with E-state index in [0.717, 1.165) is 6.07 Å². The van der Waals surface area contributed by atoms with Crippen LogP contribution in [0.1, 0.15) is 10.4 Å². The van der Waals surface area contributed by atoms with Gasteiger partial charge in [0.2, 0.25) is 0 Å². The fraction of sp³-hybridized carbons (Fsp3) is 0.333. The van der Waals surface area contributed by atoms with Gasteiger partial charge in [-0.3, -0.25) is 4.79 Å². The normalized spacial score (nSPS) is 19.2. The van der Waals surface area contributed by atoms with Crippen LogP contribution in [0.25, 0.3) is 0 Å². The van der Waals surface area contributed by atoms with E-state index in [9.17, 15) is 14.0 Å². The van der Waals surface area contributed by atoms with Gasteiger partial charge >= 0.3 is 5.97 Å². The summed E-state index contributed by atoms with van der Waals surface area (Å²) in [4.78, 5) is 24.2. The van der Waals surface area contributed by atoms with E-state index < -0.39 is 23.8 Å². The molecule has 6 nitrogen and oxygen atoms in total. The van der Waals surface area contributed by atoms with E-state index in [1.54, 1.807) is 0 Å². The molecule has 19 heavy (non-hydrogen) atoms. The first-order valence-corrected chi connectivity index (χ1v) is 5.67. The molecule has 102 valence electrons. The molecule has 0 bridgehead atoms. The summed E-state index contributed by atoms with van der Waals surface area (Å²) in [7, 11) is 0. The molecule has 7 heteroatoms. The minimum absolute atomic E-state index is 0.0399. The maximum absolute atomic E-state index is 13.3. The Labute approximate surface area is 108 Å². The number of carbonyl (C=O) groups excluding carboxylic acids is 1. The molecule has 1 aromatic rings. The van der Waals surface area contributed by atoms with Gasteiger partial charge < -0.3 is 20.5 Å². The third-order valence-corrected chi connectivity index (χ3v) is 2.88. The number of anilines is 1. The molecular formula is C12H13FN2O4. The number of halogens is 1. The molecule has 1 heterocycles. The number of morpholine rings is 1. The number of ether oxygens (including phenoxy) is 1. The van der Waals surface area contributed by atoms with Crippen LogP contribution in [0.2, 0.25) is 0 Å². The molecule has 0 aliphatic carbocycles. The quantitative estimate of drug-likeness (QED) is 0.754. The van der Waals surface area contributed by atoms with Crippen molar-refractivity contribution in [3.05, 3.63) is 29.6 Å². The first-order valence-electron chi connectivity index (χ1n) is 5.67. The lowest BCUT2D eigenvalue weighted by molar-refractivity contribution is -0.154. The standard InChI is InChI=1S/C12H13FN2O4/c13-8-5-7(1-2-9(8)14)11(16)15-3-4-19-10(6-15)12(17)18/h1-2,5,10H,3-4,6,14H2,(H,17,18). The predicted molar refractivity (Wildman–Crippen MR) is 64.1 cm³/mol. The highest BCUT2D eigenvalue weighted by Crippen LogP contribution is 2.15. The van der Waals surface area contributed by atoms with Crippen LogP contribution < -0.4 is 5.73 Å². The van der Waals surface area contributed by atoms with Gasteiger partial charge in [-0.2, -0.15) is 0 Å². The number of benzene rings is 1. The molecule has 0 saturated carbocycles. The second-order valence-electron chi connectivity index (χ2n) is 4.19. The summed E-state index contributed by atoms with van der Waals surface area (Å²) in [5.41, 5.74) is 5.43. The Morgan fingerprint density at radius 1 is 1.47 bits per heavy atom. The summed E-state index contributed by atoms with van der Waals surface area (Å²) >= 11 is 0. The van der Waals surface area contributed by atoms with Crippen molar-refractivity contribution in [2.75, 3.05) is 25.4 Å². The fourth-order valence-corrected chi connectivity index (χ4v) is 1.83. The summed E-state index contributed by atoms with van der Waals surface area (Å²) in [6.07, 6.45) is -1.05. The van der Waals surface area contributed by atoms with E-state index in [-0.39, 0.29) is 30.9 Å². The Morgan fingerprint density at radius 3 is 2.84 bits per heavy atom. The van der Waals surface area contributed by atoms with Crippen LogP contribution in [-0.4, -0.2) is 47.7 Å². The van der Waals surface area contributed by atoms with Crippen LogP contribution in [0.5, 0.6) is 0 Å². The Kier molecular flexibility index (Phi) is 3.66. The van der Waals surface area contributed by atoms with Gasteiger partial charge in [0, 0.05) is 12.1 Å². The van der Waals surface area contributed by atoms with Gasteiger partial charge in [0.05, 0.1) is 18.8 Å². The van der Waals surface area contributed by atoms with Crippen molar-refractivity contribution >= 4 is 17.6 Å². The molecule has 1 amide bonds. The van der Waals surface area contributed by atoms with Crippen molar-refractivity contribution in [1.29, 1.82) is 0 Å². The van der Waals surface area contributed by atoms with Crippen LogP contribution in [0.4, 0.5) is 10.1 Å². The second-order valence-corrected chi connectivity index (χ2v) is 4.19. The Bertz CT molecular complexity index is 520. The monoisotopic (exact) mass is 268 g/mol. The number of rotatable bonds is 2. The summed E-state index contributed by atoms with van der Waals surface area (Å²) in [5, 5.41) is 8.85. The molecule has 1 unspecified atom stereocenters. The Morgan fingerprint density at radius 2 is 2.21 bits per heavy atom. The number of carbonyl (C=O) groups is 2. The lowest BCUT2D eigenvalue weighted by Gasteiger charge is -2.30. The Hall–Kier alpha value is -2.15. The molecule has 1 fully saturated rings. The molecule has 1 aliphatic heterocycles. The lowest BCUT2D eigenvalue weighted by Crippen LogP contribution is -2.48. The predicted octanol–water partition coefficient (Wildman–Crippen LogP) is 0.333. The number of hydrogen-bond acceptors (Lipinski definition) is 4. The number of hydrogen-bond donors (Lipinski definition) is 2. The zero-order valence-electron chi connectivity index (χ0n) is 10.0. The number of carboxylic acids is 1. The van der Waals surface area contributed by atoms with Gasteiger partial charge in [-0.15, -0.1) is 0 Å². The van der Waals surface area contributed by atoms with Gasteiger partial charge in [0.25, 0.3) is 5.91 Å². The summed E-state index contributed by atoms with van der Waals surface area (Å²) in [6.45, 7) is 0.356. The van der Waals surface area contributed by atoms with Gasteiger partial charge in [-0.25, -0.2) is 9.18 Å². The fourth-order valence-electron chi connectivity index (χ4n) is 1.83. The van der Waals surface area contributed by atoms with Crippen molar-refractivity contribution in [3.63, 3.8) is 0 Å². The maximum atomic E-state index is 13.3. The summed E-state index contributed by atoms with van der Waals surface area (Å²) in [6, 6.07) is 3.76. The average molecular weight is 268 g/mol. The second kappa shape index (κ2) is 5.23. The van der Waals surface area contributed by atoms with Gasteiger partial charge in [-0.1, -0.05) is 0 Å². The van der Waals surface area contributed by atoms with Crippen LogP contribution in [0.15, 0.2) is 18.2 Å². The third kappa shape index (κ3) is 2.82. The number of carboxylic acid groups (broad SMARTS) is 1. The van der Waals surface area contributed by atoms with Crippen molar-refractivity contribution in [2.45, 2.75) is 6.10 Å². The maximum Gasteiger partial charge on any atom is 0.334 e. The van der Waals surface area contributed by atoms with Gasteiger partial charge in [0.15, 0.2) is 6.10 Å². The number of nitrogen functional groups attached to an aromatic ring is 1. The van der Waals surface area contributed by atoms with Crippen molar-refractivity contribution in [2.24, 2.45) is 0 Å². The highest BCUT2D eigenvalue weighted by Gasteiger charge is 2.29. The van der Waals surface area contributed by atoms with E-state index in [1.807, 2.05) is 0 Å². The van der Waals surface area contributed by atoms with Crippen LogP contribution >= 0.6 is 0 Å². The zero-order valence-corrected chi connectivity index (χ0v) is 10.0. The van der Waals surface area contributed by atoms with E-state index in [2.05, 4.69) is 0 Å². The van der Waals surface area contributed by atoms with Crippen molar-refractivity contribution in [1.82, 2.24) is 4.90 Å². The molecule has 1 atom stereocenters. The molecule has 1 saturated heterocycles. The highest BCUT2D eigenvalue weighted by atomic mass is 19.1. The first kappa shape index (κ1) is 13.3. The van der Waals surface area contributed by atoms with Crippen molar-refractivity contribution in [3.8, 4) is 0 Å². The smallest absolute Gasteiger partial charge is 0.334 e. The van der Waals surface area contributed by atoms with Crippen LogP contribution in [-0.2, 0) is 9.53 Å². The number of nitrogens with zero attached hydrogens (tertiary/aromatic N) is 1. The summed E-state index contributed by atoms with van der Waals surface area (Å²) in [5.74, 6) is -2.23. The average Bonchev–Trinajstić information content (AvgIpc) is 2.41. The number of aliphatic carboxylic acids is 1. The molecule has 0 radical (unpaired) electrons. The van der Waals surface area contributed by atoms with E-state index in [4.69, 9.17) is 15.6 Å². The van der Waals surface area contributed by atoms with Gasteiger partial charge in [-0.05, 0) is 18.2 Å². The van der Waals surface area contributed by atoms with E-state index in [1.165, 1.54) is 17.0 Å². The highest BCUT2D eigenvalue weighted by molar-refractivity contribution is 5.95. The molecule has 3 N–H and O–H groups in total. The van der Waals surface area contributed by atoms with Crippen LogP contribution in [0, 0.1) is 5.82 Å². The topological polar surface area (TPSA) is 92.9 Å². The van der Waals surface area contributed by atoms with Crippen LogP contribution in [0.3, 0.4) is 0 Å². The van der Waals surface area contributed by atoms with E-state index in [0.29, 0.717) is 0 Å². The van der Waals surface area contributed by atoms with Gasteiger partial charge in [0.1, 0.15) is 5.82 Å². The zero-order chi connectivity index (χ0) is 14.0. The molecule has 2 rings (SSSR count). The summed E-state index contributed by atoms with van der Waals surface area (Å²) < 4.78 is 18.3. The third-order valence-electron chi connectivity index (χ3n) is 2.88.